The van der Waals surface area contributed by atoms with Crippen molar-refractivity contribution in [2.24, 2.45) is 0 Å². The molecule has 57 heavy (non-hydrogen) atoms. The molecule has 0 saturated carbocycles. The third kappa shape index (κ3) is 14.6. The lowest BCUT2D eigenvalue weighted by atomic mass is 9.93. The number of hydrogen-bond acceptors (Lipinski definition) is 12. The first-order valence-corrected chi connectivity index (χ1v) is 18.3. The Balaban J connectivity index is 1.77. The van der Waals surface area contributed by atoms with Gasteiger partial charge in [-0.2, -0.15) is 0 Å². The van der Waals surface area contributed by atoms with Crippen LogP contribution in [-0.2, 0) is 30.5 Å². The Kier molecular flexibility index (Phi) is 18.5. The highest BCUT2D eigenvalue weighted by atomic mass is 19.1. The molecule has 0 radical (unpaired) electrons. The molecule has 0 aliphatic carbocycles. The van der Waals surface area contributed by atoms with Crippen molar-refractivity contribution in [1.82, 2.24) is 4.57 Å². The van der Waals surface area contributed by atoms with Crippen molar-refractivity contribution in [3.63, 3.8) is 0 Å². The molecule has 0 saturated heterocycles. The monoisotopic (exact) mass is 796 g/mol. The van der Waals surface area contributed by atoms with Gasteiger partial charge in [0.05, 0.1) is 36.5 Å². The van der Waals surface area contributed by atoms with E-state index in [-0.39, 0.29) is 57.5 Å². The fourth-order valence-corrected chi connectivity index (χ4v) is 6.14. The second-order valence-electron chi connectivity index (χ2n) is 13.1. The van der Waals surface area contributed by atoms with Gasteiger partial charge in [0.25, 0.3) is 16.1 Å². The summed E-state index contributed by atoms with van der Waals surface area (Å²) in [7, 11) is 0. The Morgan fingerprint density at radius 1 is 0.965 bits per heavy atom. The molecular formula is C40H49FN4O12. The number of benzene rings is 2. The number of aliphatic hydroxyl groups excluding tert-OH is 2. The van der Waals surface area contributed by atoms with E-state index in [2.05, 4.69) is 21.6 Å². The summed E-state index contributed by atoms with van der Waals surface area (Å²) in [6.07, 6.45) is 2.90. The largest absolute Gasteiger partial charge is 0.463 e. The standard InChI is InChI=1S/C40H49FN4O12/c1-5-10-28(11-6-2)36-37(40(49)42-31-12-8-7-9-13-31)38(27(3)4)43(39(36)29-14-16-30(41)17-15-29)20-18-32(46)24-33(47)25-35(48)55-23-22-54-21-19-34(57-45(52)53)26-56-44(50)51/h5-17,27,32-34,46-47H,1,18-26H2,2-4H3,(H,42,49)/b11-6-,28-10+/t32-,33-,34?/m1/s1. The van der Waals surface area contributed by atoms with E-state index in [4.69, 9.17) is 9.47 Å². The molecule has 3 N–H and O–H groups in total. The quantitative estimate of drug-likeness (QED) is 0.0278. The number of halogens is 1. The second-order valence-corrected chi connectivity index (χ2v) is 13.1. The molecule has 3 aromatic rings. The molecule has 0 fully saturated rings. The Morgan fingerprint density at radius 2 is 1.67 bits per heavy atom. The molecule has 1 heterocycles. The molecule has 0 aliphatic rings. The summed E-state index contributed by atoms with van der Waals surface area (Å²) in [5.41, 5.74) is 4.17. The minimum Gasteiger partial charge on any atom is -0.463 e. The van der Waals surface area contributed by atoms with E-state index in [0.717, 1.165) is 0 Å². The Hall–Kier alpha value is -5.91. The number of hydrogen-bond donors (Lipinski definition) is 3. The molecule has 16 nitrogen and oxygen atoms in total. The Labute approximate surface area is 329 Å². The number of anilines is 1. The third-order valence-electron chi connectivity index (χ3n) is 8.47. The lowest BCUT2D eigenvalue weighted by molar-refractivity contribution is -0.790. The highest BCUT2D eigenvalue weighted by molar-refractivity contribution is 6.11. The van der Waals surface area contributed by atoms with Gasteiger partial charge in [0.1, 0.15) is 25.1 Å². The van der Waals surface area contributed by atoms with Crippen LogP contribution < -0.4 is 5.32 Å². The highest BCUT2D eigenvalue weighted by Crippen LogP contribution is 2.41. The number of carbonyl (C=O) groups is 2. The molecule has 2 aromatic carbocycles. The summed E-state index contributed by atoms with van der Waals surface area (Å²) in [4.78, 5) is 56.0. The van der Waals surface area contributed by atoms with Crippen LogP contribution in [0.5, 0.6) is 0 Å². The average Bonchev–Trinajstić information content (AvgIpc) is 3.50. The number of allylic oxidation sites excluding steroid dienone is 5. The number of para-hydroxylation sites is 1. The fraction of sp³-hybridized carbons (Fsp3) is 0.400. The molecule has 0 aliphatic heterocycles. The number of nitrogens with one attached hydrogen (secondary N) is 1. The van der Waals surface area contributed by atoms with E-state index < -0.39 is 53.3 Å². The van der Waals surface area contributed by atoms with Gasteiger partial charge in [0.2, 0.25) is 0 Å². The van der Waals surface area contributed by atoms with Crippen LogP contribution in [-0.4, -0.2) is 81.6 Å². The third-order valence-corrected chi connectivity index (χ3v) is 8.47. The van der Waals surface area contributed by atoms with Crippen molar-refractivity contribution < 1.29 is 53.5 Å². The molecule has 0 spiro atoms. The number of ether oxygens (including phenoxy) is 2. The number of carbonyl (C=O) groups excluding carboxylic acids is 2. The average molecular weight is 797 g/mol. The summed E-state index contributed by atoms with van der Waals surface area (Å²) < 4.78 is 26.5. The van der Waals surface area contributed by atoms with Crippen molar-refractivity contribution in [1.29, 1.82) is 0 Å². The molecule has 3 atom stereocenters. The van der Waals surface area contributed by atoms with Gasteiger partial charge < -0.3 is 39.2 Å². The van der Waals surface area contributed by atoms with Crippen LogP contribution in [0, 0.1) is 26.0 Å². The van der Waals surface area contributed by atoms with E-state index >= 15 is 0 Å². The van der Waals surface area contributed by atoms with Crippen LogP contribution in [0.1, 0.15) is 74.0 Å². The normalized spacial score (nSPS) is 13.2. The summed E-state index contributed by atoms with van der Waals surface area (Å²) in [5, 5.41) is 43.5. The van der Waals surface area contributed by atoms with Gasteiger partial charge in [0, 0.05) is 30.1 Å². The molecule has 1 unspecified atom stereocenters. The van der Waals surface area contributed by atoms with Gasteiger partial charge in [-0.3, -0.25) is 9.59 Å². The van der Waals surface area contributed by atoms with Gasteiger partial charge in [-0.15, -0.1) is 20.2 Å². The van der Waals surface area contributed by atoms with Crippen molar-refractivity contribution in [3.05, 3.63) is 128 Å². The maximum absolute atomic E-state index is 14.3. The van der Waals surface area contributed by atoms with Crippen LogP contribution in [0.15, 0.2) is 85.5 Å². The van der Waals surface area contributed by atoms with E-state index in [0.29, 0.717) is 39.3 Å². The fourth-order valence-electron chi connectivity index (χ4n) is 6.14. The predicted molar refractivity (Wildman–Crippen MR) is 208 cm³/mol. The zero-order chi connectivity index (χ0) is 41.9. The van der Waals surface area contributed by atoms with Gasteiger partial charge in [-0.1, -0.05) is 62.9 Å². The summed E-state index contributed by atoms with van der Waals surface area (Å²) >= 11 is 0. The van der Waals surface area contributed by atoms with E-state index in [1.54, 1.807) is 36.4 Å². The van der Waals surface area contributed by atoms with Crippen LogP contribution in [0.2, 0.25) is 0 Å². The summed E-state index contributed by atoms with van der Waals surface area (Å²) in [5.74, 6) is -1.77. The predicted octanol–water partition coefficient (Wildman–Crippen LogP) is 6.44. The molecular weight excluding hydrogens is 747 g/mol. The zero-order valence-corrected chi connectivity index (χ0v) is 32.1. The first-order chi connectivity index (χ1) is 27.2. The second kappa shape index (κ2) is 23.2. The Bertz CT molecular complexity index is 1860. The maximum atomic E-state index is 14.3. The SMILES string of the molecule is C=C/C=C(\C=C/C)c1c(C(=O)Nc2ccccc2)c(C(C)C)n(CC[C@@H](O)C[C@@H](O)CC(=O)OCCOCCC(CO[N+](=O)[O-])O[N+](=O)[O-])c1-c1ccc(F)cc1. The molecule has 17 heteroatoms. The number of esters is 1. The molecule has 1 aromatic heterocycles. The number of aliphatic hydroxyl groups is 2. The minimum atomic E-state index is -1.26. The lowest BCUT2D eigenvalue weighted by Gasteiger charge is -2.20. The number of aromatic nitrogens is 1. The van der Waals surface area contributed by atoms with Crippen molar-refractivity contribution in [2.75, 3.05) is 31.7 Å². The van der Waals surface area contributed by atoms with Crippen LogP contribution in [0.3, 0.4) is 0 Å². The van der Waals surface area contributed by atoms with Gasteiger partial charge >= 0.3 is 5.97 Å². The van der Waals surface area contributed by atoms with E-state index in [1.165, 1.54) is 12.1 Å². The van der Waals surface area contributed by atoms with Crippen LogP contribution in [0.4, 0.5) is 10.1 Å². The van der Waals surface area contributed by atoms with Crippen molar-refractivity contribution in [2.45, 2.75) is 77.2 Å². The first-order valence-electron chi connectivity index (χ1n) is 18.3. The highest BCUT2D eigenvalue weighted by Gasteiger charge is 2.31. The maximum Gasteiger partial charge on any atom is 0.308 e. The van der Waals surface area contributed by atoms with Gasteiger partial charge in [0.15, 0.2) is 0 Å². The van der Waals surface area contributed by atoms with Gasteiger partial charge in [-0.05, 0) is 79.6 Å². The van der Waals surface area contributed by atoms with E-state index in [9.17, 15) is 44.4 Å². The Morgan fingerprint density at radius 3 is 2.28 bits per heavy atom. The zero-order valence-electron chi connectivity index (χ0n) is 32.1. The van der Waals surface area contributed by atoms with Crippen LogP contribution >= 0.6 is 0 Å². The summed E-state index contributed by atoms with van der Waals surface area (Å²) in [6, 6.07) is 14.9. The number of nitrogens with zero attached hydrogens (tertiary/aromatic N) is 3. The lowest BCUT2D eigenvalue weighted by Crippen LogP contribution is -2.26. The molecule has 1 amide bonds. The summed E-state index contributed by atoms with van der Waals surface area (Å²) in [6.45, 7) is 8.70. The smallest absolute Gasteiger partial charge is 0.308 e. The van der Waals surface area contributed by atoms with Crippen LogP contribution in [0.25, 0.3) is 16.8 Å². The first kappa shape index (κ1) is 45.5. The number of rotatable bonds is 25. The number of amides is 1. The van der Waals surface area contributed by atoms with Gasteiger partial charge in [-0.25, -0.2) is 4.39 Å². The minimum absolute atomic E-state index is 0.109. The van der Waals surface area contributed by atoms with Crippen molar-refractivity contribution in [3.8, 4) is 11.3 Å². The van der Waals surface area contributed by atoms with Crippen molar-refractivity contribution >= 4 is 23.1 Å². The molecule has 3 rings (SSSR count). The topological polar surface area (TPSA) is 215 Å². The molecule has 0 bridgehead atoms. The molecule has 308 valence electrons. The van der Waals surface area contributed by atoms with E-state index in [1.807, 2.05) is 55.7 Å².